The van der Waals surface area contributed by atoms with Crippen molar-refractivity contribution in [2.45, 2.75) is 11.7 Å². The number of rotatable bonds is 6. The molecule has 0 radical (unpaired) electrons. The second-order valence-electron chi connectivity index (χ2n) is 5.13. The van der Waals surface area contributed by atoms with Crippen molar-refractivity contribution in [3.8, 4) is 0 Å². The zero-order valence-electron chi connectivity index (χ0n) is 12.9. The van der Waals surface area contributed by atoms with Crippen molar-refractivity contribution in [3.05, 3.63) is 66.2 Å². The quantitative estimate of drug-likeness (QED) is 0.517. The van der Waals surface area contributed by atoms with Crippen molar-refractivity contribution in [3.63, 3.8) is 0 Å². The first kappa shape index (κ1) is 16.6. The van der Waals surface area contributed by atoms with Gasteiger partial charge in [-0.1, -0.05) is 47.6 Å². The summed E-state index contributed by atoms with van der Waals surface area (Å²) in [6, 6.07) is 15.0. The first-order valence-electron chi connectivity index (χ1n) is 7.42. The predicted octanol–water partition coefficient (Wildman–Crippen LogP) is 4.61. The molecule has 0 atom stereocenters. The Hall–Kier alpha value is -2.24. The number of anilines is 1. The van der Waals surface area contributed by atoms with Crippen LogP contribution in [-0.4, -0.2) is 21.2 Å². The van der Waals surface area contributed by atoms with Gasteiger partial charge in [-0.15, -0.1) is 6.58 Å². The molecule has 0 saturated carbocycles. The number of aromatic nitrogens is 2. The molecule has 3 rings (SSSR count). The van der Waals surface area contributed by atoms with Gasteiger partial charge < -0.3 is 9.88 Å². The number of imidazole rings is 1. The molecule has 0 saturated heterocycles. The number of nitrogens with one attached hydrogen (secondary N) is 1. The van der Waals surface area contributed by atoms with Crippen LogP contribution < -0.4 is 5.32 Å². The van der Waals surface area contributed by atoms with Gasteiger partial charge >= 0.3 is 0 Å². The van der Waals surface area contributed by atoms with Crippen molar-refractivity contribution in [2.24, 2.45) is 0 Å². The lowest BCUT2D eigenvalue weighted by Crippen LogP contribution is -2.14. The minimum Gasteiger partial charge on any atom is -0.325 e. The molecule has 0 aliphatic heterocycles. The summed E-state index contributed by atoms with van der Waals surface area (Å²) in [5.41, 5.74) is 2.64. The summed E-state index contributed by atoms with van der Waals surface area (Å²) in [7, 11) is 0. The summed E-state index contributed by atoms with van der Waals surface area (Å²) in [6.45, 7) is 4.44. The number of thioether (sulfide) groups is 1. The molecule has 0 bridgehead atoms. The van der Waals surface area contributed by atoms with Crippen LogP contribution in [0.1, 0.15) is 0 Å². The summed E-state index contributed by atoms with van der Waals surface area (Å²) in [4.78, 5) is 16.8. The van der Waals surface area contributed by atoms with Crippen LogP contribution in [0.2, 0.25) is 5.02 Å². The number of carbonyl (C=O) groups excluding carboxylic acids is 1. The molecule has 0 fully saturated rings. The van der Waals surface area contributed by atoms with E-state index < -0.39 is 0 Å². The average molecular weight is 358 g/mol. The number of nitrogens with zero attached hydrogens (tertiary/aromatic N) is 2. The molecule has 4 nitrogen and oxygen atoms in total. The van der Waals surface area contributed by atoms with Crippen LogP contribution >= 0.6 is 23.4 Å². The number of benzene rings is 2. The Kier molecular flexibility index (Phi) is 5.23. The van der Waals surface area contributed by atoms with Crippen LogP contribution in [-0.2, 0) is 11.3 Å². The van der Waals surface area contributed by atoms with Crippen LogP contribution in [0.3, 0.4) is 0 Å². The number of fused-ring (bicyclic) bond motifs is 1. The van der Waals surface area contributed by atoms with E-state index in [9.17, 15) is 4.79 Å². The normalized spacial score (nSPS) is 10.7. The van der Waals surface area contributed by atoms with E-state index in [0.717, 1.165) is 16.2 Å². The summed E-state index contributed by atoms with van der Waals surface area (Å²) in [6.07, 6.45) is 1.82. The average Bonchev–Trinajstić information content (AvgIpc) is 2.91. The minimum atomic E-state index is -0.0977. The highest BCUT2D eigenvalue weighted by atomic mass is 35.5. The minimum absolute atomic E-state index is 0.0977. The maximum absolute atomic E-state index is 12.1. The largest absolute Gasteiger partial charge is 0.325 e. The smallest absolute Gasteiger partial charge is 0.234 e. The summed E-state index contributed by atoms with van der Waals surface area (Å²) >= 11 is 7.33. The molecule has 0 spiro atoms. The van der Waals surface area contributed by atoms with E-state index >= 15 is 0 Å². The molecule has 0 aliphatic rings. The van der Waals surface area contributed by atoms with Crippen LogP contribution in [0.5, 0.6) is 0 Å². The second kappa shape index (κ2) is 7.55. The van der Waals surface area contributed by atoms with E-state index in [-0.39, 0.29) is 11.7 Å². The molecule has 24 heavy (non-hydrogen) atoms. The molecule has 6 heteroatoms. The molecular weight excluding hydrogens is 342 g/mol. The van der Waals surface area contributed by atoms with Gasteiger partial charge in [0.2, 0.25) is 5.91 Å². The standard InChI is InChI=1S/C18H16ClN3OS/c1-2-10-22-16-9-4-3-8-15(16)21-18(22)24-12-17(23)20-14-7-5-6-13(19)11-14/h2-9,11H,1,10,12H2,(H,20,23). The molecular formula is C18H16ClN3OS. The molecule has 1 heterocycles. The number of para-hydroxylation sites is 2. The maximum Gasteiger partial charge on any atom is 0.234 e. The van der Waals surface area contributed by atoms with Gasteiger partial charge in [0.1, 0.15) is 0 Å². The highest BCUT2D eigenvalue weighted by molar-refractivity contribution is 7.99. The highest BCUT2D eigenvalue weighted by Crippen LogP contribution is 2.24. The number of carbonyl (C=O) groups is 1. The molecule has 1 aromatic heterocycles. The lowest BCUT2D eigenvalue weighted by atomic mass is 10.3. The van der Waals surface area contributed by atoms with E-state index in [2.05, 4.69) is 21.4 Å². The molecule has 3 aromatic rings. The van der Waals surface area contributed by atoms with Gasteiger partial charge in [0.05, 0.1) is 16.8 Å². The van der Waals surface area contributed by atoms with Crippen LogP contribution in [0.25, 0.3) is 11.0 Å². The van der Waals surface area contributed by atoms with Crippen molar-refractivity contribution in [1.82, 2.24) is 9.55 Å². The number of allylic oxidation sites excluding steroid dienone is 1. The molecule has 1 N–H and O–H groups in total. The Morgan fingerprint density at radius 1 is 1.29 bits per heavy atom. The first-order chi connectivity index (χ1) is 11.7. The van der Waals surface area contributed by atoms with E-state index in [1.165, 1.54) is 11.8 Å². The van der Waals surface area contributed by atoms with Gasteiger partial charge in [0.25, 0.3) is 0 Å². The molecule has 0 aliphatic carbocycles. The summed E-state index contributed by atoms with van der Waals surface area (Å²) in [5, 5.41) is 4.23. The van der Waals surface area contributed by atoms with Crippen LogP contribution in [0.4, 0.5) is 5.69 Å². The van der Waals surface area contributed by atoms with Gasteiger partial charge in [-0.05, 0) is 30.3 Å². The van der Waals surface area contributed by atoms with Crippen molar-refractivity contribution < 1.29 is 4.79 Å². The van der Waals surface area contributed by atoms with E-state index in [0.29, 0.717) is 17.3 Å². The fourth-order valence-corrected chi connectivity index (χ4v) is 3.38. The lowest BCUT2D eigenvalue weighted by Gasteiger charge is -2.07. The van der Waals surface area contributed by atoms with E-state index in [4.69, 9.17) is 11.6 Å². The number of amides is 1. The number of hydrogen-bond donors (Lipinski definition) is 1. The molecule has 122 valence electrons. The molecule has 1 amide bonds. The Morgan fingerprint density at radius 3 is 2.92 bits per heavy atom. The lowest BCUT2D eigenvalue weighted by molar-refractivity contribution is -0.113. The highest BCUT2D eigenvalue weighted by Gasteiger charge is 2.12. The van der Waals surface area contributed by atoms with Crippen molar-refractivity contribution in [1.29, 1.82) is 0 Å². The van der Waals surface area contributed by atoms with Gasteiger partial charge in [-0.3, -0.25) is 4.79 Å². The Bertz CT molecular complexity index is 891. The van der Waals surface area contributed by atoms with Gasteiger partial charge in [-0.2, -0.15) is 0 Å². The van der Waals surface area contributed by atoms with Crippen molar-refractivity contribution in [2.75, 3.05) is 11.1 Å². The third-order valence-electron chi connectivity index (χ3n) is 3.37. The Morgan fingerprint density at radius 2 is 2.12 bits per heavy atom. The Balaban J connectivity index is 1.72. The zero-order chi connectivity index (χ0) is 16.9. The first-order valence-corrected chi connectivity index (χ1v) is 8.78. The second-order valence-corrected chi connectivity index (χ2v) is 6.51. The summed E-state index contributed by atoms with van der Waals surface area (Å²) < 4.78 is 2.06. The fourth-order valence-electron chi connectivity index (χ4n) is 2.36. The molecule has 2 aromatic carbocycles. The fraction of sp³-hybridized carbons (Fsp3) is 0.111. The number of halogens is 1. The molecule has 0 unspecified atom stereocenters. The maximum atomic E-state index is 12.1. The zero-order valence-corrected chi connectivity index (χ0v) is 14.5. The van der Waals surface area contributed by atoms with Gasteiger partial charge in [0, 0.05) is 17.3 Å². The topological polar surface area (TPSA) is 46.9 Å². The number of hydrogen-bond acceptors (Lipinski definition) is 3. The van der Waals surface area contributed by atoms with E-state index in [1.54, 1.807) is 24.3 Å². The third kappa shape index (κ3) is 3.80. The van der Waals surface area contributed by atoms with E-state index in [1.807, 2.05) is 30.3 Å². The SMILES string of the molecule is C=CCn1c(SCC(=O)Nc2cccc(Cl)c2)nc2ccccc21. The van der Waals surface area contributed by atoms with Crippen LogP contribution in [0.15, 0.2) is 66.3 Å². The predicted molar refractivity (Wildman–Crippen MR) is 101 cm³/mol. The van der Waals surface area contributed by atoms with Gasteiger partial charge in [0.15, 0.2) is 5.16 Å². The van der Waals surface area contributed by atoms with Gasteiger partial charge in [-0.25, -0.2) is 4.98 Å². The summed E-state index contributed by atoms with van der Waals surface area (Å²) in [5.74, 6) is 0.173. The van der Waals surface area contributed by atoms with Crippen LogP contribution in [0, 0.1) is 0 Å². The monoisotopic (exact) mass is 357 g/mol. The Labute approximate surface area is 149 Å². The third-order valence-corrected chi connectivity index (χ3v) is 4.58. The van der Waals surface area contributed by atoms with Crippen molar-refractivity contribution >= 4 is 46.0 Å².